The third kappa shape index (κ3) is 3.52. The molecule has 1 saturated carbocycles. The van der Waals surface area contributed by atoms with Crippen LogP contribution in [0.25, 0.3) is 34.2 Å². The minimum atomic E-state index is -0.00515. The maximum atomic E-state index is 12.4. The van der Waals surface area contributed by atoms with Gasteiger partial charge in [0.05, 0.1) is 0 Å². The zero-order chi connectivity index (χ0) is 20.7. The predicted octanol–water partition coefficient (Wildman–Crippen LogP) is 4.61. The molecule has 1 fully saturated rings. The van der Waals surface area contributed by atoms with E-state index in [4.69, 9.17) is 4.42 Å². The number of hydrogen-bond donors (Lipinski definition) is 1. The molecule has 4 aromatic rings. The largest absolute Gasteiger partial charge is 0.415 e. The standard InChI is InChI=1S/C24H22N4O2/c1-15-5-6-18(22(29)25-19-11-12-19)14-20(15)16-7-9-17(10-8-16)23-26-27-24(30-23)21-4-3-13-28(21)2/h3-10,13-14,19H,11-12H2,1-2H3,(H,25,29). The van der Waals surface area contributed by atoms with Crippen molar-refractivity contribution in [3.63, 3.8) is 0 Å². The lowest BCUT2D eigenvalue weighted by molar-refractivity contribution is 0.0951. The van der Waals surface area contributed by atoms with Crippen molar-refractivity contribution in [1.82, 2.24) is 20.1 Å². The molecule has 0 bridgehead atoms. The van der Waals surface area contributed by atoms with Crippen molar-refractivity contribution in [1.29, 1.82) is 0 Å². The number of carbonyl (C=O) groups is 1. The van der Waals surface area contributed by atoms with E-state index in [1.807, 2.05) is 72.4 Å². The van der Waals surface area contributed by atoms with Gasteiger partial charge in [0.1, 0.15) is 5.69 Å². The van der Waals surface area contributed by atoms with Crippen molar-refractivity contribution in [3.8, 4) is 34.2 Å². The second-order valence-corrected chi connectivity index (χ2v) is 7.77. The second kappa shape index (κ2) is 7.30. The molecule has 6 heteroatoms. The van der Waals surface area contributed by atoms with E-state index in [0.29, 0.717) is 23.4 Å². The molecule has 0 saturated heterocycles. The van der Waals surface area contributed by atoms with E-state index in [1.165, 1.54) is 0 Å². The number of rotatable bonds is 5. The van der Waals surface area contributed by atoms with Crippen LogP contribution in [0.15, 0.2) is 65.2 Å². The smallest absolute Gasteiger partial charge is 0.264 e. The molecule has 5 rings (SSSR count). The van der Waals surface area contributed by atoms with Gasteiger partial charge < -0.3 is 14.3 Å². The molecule has 2 aromatic heterocycles. The molecular formula is C24H22N4O2. The highest BCUT2D eigenvalue weighted by molar-refractivity contribution is 5.96. The quantitative estimate of drug-likeness (QED) is 0.533. The van der Waals surface area contributed by atoms with Crippen molar-refractivity contribution >= 4 is 5.91 Å². The average molecular weight is 398 g/mol. The predicted molar refractivity (Wildman–Crippen MR) is 115 cm³/mol. The van der Waals surface area contributed by atoms with Crippen LogP contribution >= 0.6 is 0 Å². The molecule has 1 aliphatic rings. The average Bonchev–Trinajstić information content (AvgIpc) is 3.25. The SMILES string of the molecule is Cc1ccc(C(=O)NC2CC2)cc1-c1ccc(-c2nnc(-c3cccn3C)o2)cc1. The molecule has 150 valence electrons. The number of nitrogens with zero attached hydrogens (tertiary/aromatic N) is 3. The first kappa shape index (κ1) is 18.4. The Labute approximate surface area is 174 Å². The van der Waals surface area contributed by atoms with Gasteiger partial charge in [-0.25, -0.2) is 0 Å². The number of benzene rings is 2. The van der Waals surface area contributed by atoms with Crippen molar-refractivity contribution < 1.29 is 9.21 Å². The van der Waals surface area contributed by atoms with Crippen LogP contribution in [0.5, 0.6) is 0 Å². The van der Waals surface area contributed by atoms with E-state index in [1.54, 1.807) is 0 Å². The summed E-state index contributed by atoms with van der Waals surface area (Å²) >= 11 is 0. The molecule has 6 nitrogen and oxygen atoms in total. The van der Waals surface area contributed by atoms with Gasteiger partial charge in [0.15, 0.2) is 0 Å². The molecule has 1 aliphatic carbocycles. The van der Waals surface area contributed by atoms with E-state index in [2.05, 4.69) is 22.4 Å². The summed E-state index contributed by atoms with van der Waals surface area (Å²) in [5, 5.41) is 11.4. The maximum absolute atomic E-state index is 12.4. The van der Waals surface area contributed by atoms with Gasteiger partial charge in [0, 0.05) is 30.4 Å². The lowest BCUT2D eigenvalue weighted by Gasteiger charge is -2.10. The fourth-order valence-corrected chi connectivity index (χ4v) is 3.49. The minimum Gasteiger partial charge on any atom is -0.415 e. The van der Waals surface area contributed by atoms with Gasteiger partial charge in [-0.3, -0.25) is 4.79 Å². The van der Waals surface area contributed by atoms with Crippen LogP contribution in [-0.2, 0) is 7.05 Å². The Morgan fingerprint density at radius 1 is 1.03 bits per heavy atom. The van der Waals surface area contributed by atoms with Crippen molar-refractivity contribution in [2.75, 3.05) is 0 Å². The zero-order valence-corrected chi connectivity index (χ0v) is 16.9. The Balaban J connectivity index is 1.41. The van der Waals surface area contributed by atoms with Crippen LogP contribution < -0.4 is 5.32 Å². The third-order valence-corrected chi connectivity index (χ3v) is 5.44. The molecule has 2 heterocycles. The molecule has 0 spiro atoms. The summed E-state index contributed by atoms with van der Waals surface area (Å²) in [5.74, 6) is 0.966. The Hall–Kier alpha value is -3.67. The molecule has 2 aromatic carbocycles. The zero-order valence-electron chi connectivity index (χ0n) is 16.9. The highest BCUT2D eigenvalue weighted by Crippen LogP contribution is 2.29. The van der Waals surface area contributed by atoms with Crippen molar-refractivity contribution in [2.45, 2.75) is 25.8 Å². The van der Waals surface area contributed by atoms with E-state index >= 15 is 0 Å². The van der Waals surface area contributed by atoms with Gasteiger partial charge in [-0.1, -0.05) is 18.2 Å². The Morgan fingerprint density at radius 2 is 1.77 bits per heavy atom. The topological polar surface area (TPSA) is 73.0 Å². The highest BCUT2D eigenvalue weighted by atomic mass is 16.4. The first-order chi connectivity index (χ1) is 14.6. The number of carbonyl (C=O) groups excluding carboxylic acids is 1. The Kier molecular flexibility index (Phi) is 4.47. The van der Waals surface area contributed by atoms with Crippen molar-refractivity contribution in [2.24, 2.45) is 7.05 Å². The van der Waals surface area contributed by atoms with Gasteiger partial charge in [-0.2, -0.15) is 0 Å². The summed E-state index contributed by atoms with van der Waals surface area (Å²) in [6, 6.07) is 18.0. The monoisotopic (exact) mass is 398 g/mol. The van der Waals surface area contributed by atoms with Gasteiger partial charge in [0.2, 0.25) is 5.89 Å². The second-order valence-electron chi connectivity index (χ2n) is 7.77. The van der Waals surface area contributed by atoms with Gasteiger partial charge in [0.25, 0.3) is 11.8 Å². The Morgan fingerprint density at radius 3 is 2.47 bits per heavy atom. The summed E-state index contributed by atoms with van der Waals surface area (Å²) in [6.07, 6.45) is 4.09. The van der Waals surface area contributed by atoms with Crippen LogP contribution in [0.1, 0.15) is 28.8 Å². The van der Waals surface area contributed by atoms with E-state index in [9.17, 15) is 4.79 Å². The molecular weight excluding hydrogens is 376 g/mol. The van der Waals surface area contributed by atoms with E-state index < -0.39 is 0 Å². The normalized spacial score (nSPS) is 13.4. The van der Waals surface area contributed by atoms with Crippen LogP contribution in [0.2, 0.25) is 0 Å². The fourth-order valence-electron chi connectivity index (χ4n) is 3.49. The van der Waals surface area contributed by atoms with Crippen LogP contribution in [0, 0.1) is 6.92 Å². The van der Waals surface area contributed by atoms with Gasteiger partial charge in [-0.05, 0) is 72.9 Å². The number of nitrogens with one attached hydrogen (secondary N) is 1. The molecule has 0 atom stereocenters. The molecule has 0 radical (unpaired) electrons. The summed E-state index contributed by atoms with van der Waals surface area (Å²) < 4.78 is 7.80. The van der Waals surface area contributed by atoms with Crippen LogP contribution in [0.4, 0.5) is 0 Å². The first-order valence-electron chi connectivity index (χ1n) is 10.1. The van der Waals surface area contributed by atoms with Crippen LogP contribution in [-0.4, -0.2) is 26.7 Å². The first-order valence-corrected chi connectivity index (χ1v) is 10.1. The summed E-state index contributed by atoms with van der Waals surface area (Å²) in [6.45, 7) is 2.05. The lowest BCUT2D eigenvalue weighted by Crippen LogP contribution is -2.25. The number of amides is 1. The fraction of sp³-hybridized carbons (Fsp3) is 0.208. The summed E-state index contributed by atoms with van der Waals surface area (Å²) in [4.78, 5) is 12.4. The highest BCUT2D eigenvalue weighted by Gasteiger charge is 2.24. The number of aryl methyl sites for hydroxylation is 2. The summed E-state index contributed by atoms with van der Waals surface area (Å²) in [5.41, 5.74) is 5.62. The maximum Gasteiger partial charge on any atom is 0.264 e. The molecule has 0 aliphatic heterocycles. The third-order valence-electron chi connectivity index (χ3n) is 5.44. The number of aromatic nitrogens is 3. The minimum absolute atomic E-state index is 0.00515. The number of hydrogen-bond acceptors (Lipinski definition) is 4. The molecule has 30 heavy (non-hydrogen) atoms. The van der Waals surface area contributed by atoms with E-state index in [0.717, 1.165) is 40.8 Å². The van der Waals surface area contributed by atoms with Gasteiger partial charge >= 0.3 is 0 Å². The summed E-state index contributed by atoms with van der Waals surface area (Å²) in [7, 11) is 1.94. The lowest BCUT2D eigenvalue weighted by atomic mass is 9.97. The Bertz CT molecular complexity index is 1220. The van der Waals surface area contributed by atoms with Gasteiger partial charge in [-0.15, -0.1) is 10.2 Å². The molecule has 1 N–H and O–H groups in total. The van der Waals surface area contributed by atoms with E-state index in [-0.39, 0.29) is 5.91 Å². The molecule has 1 amide bonds. The molecule has 0 unspecified atom stereocenters. The van der Waals surface area contributed by atoms with Crippen LogP contribution in [0.3, 0.4) is 0 Å². The van der Waals surface area contributed by atoms with Crippen molar-refractivity contribution in [3.05, 3.63) is 71.9 Å².